The van der Waals surface area contributed by atoms with E-state index in [0.717, 1.165) is 30.0 Å². The number of rotatable bonds is 7. The third kappa shape index (κ3) is 4.37. The van der Waals surface area contributed by atoms with Crippen molar-refractivity contribution in [3.8, 4) is 0 Å². The van der Waals surface area contributed by atoms with Crippen LogP contribution < -0.4 is 9.80 Å². The van der Waals surface area contributed by atoms with Crippen LogP contribution in [0.1, 0.15) is 25.5 Å². The molecule has 1 unspecified atom stereocenters. The monoisotopic (exact) mass is 573 g/mol. The van der Waals surface area contributed by atoms with Crippen molar-refractivity contribution < 1.29 is 24.2 Å². The molecular formula is C32H35N3O5S. The zero-order valence-electron chi connectivity index (χ0n) is 23.3. The summed E-state index contributed by atoms with van der Waals surface area (Å²) in [6, 6.07) is 15.6. The molecule has 8 nitrogen and oxygen atoms in total. The van der Waals surface area contributed by atoms with E-state index in [-0.39, 0.29) is 30.3 Å². The van der Waals surface area contributed by atoms with E-state index in [1.807, 2.05) is 78.9 Å². The highest BCUT2D eigenvalue weighted by molar-refractivity contribution is 8.02. The van der Waals surface area contributed by atoms with Crippen LogP contribution in [0.25, 0.3) is 0 Å². The Balaban J connectivity index is 1.46. The lowest BCUT2D eigenvalue weighted by atomic mass is 9.78. The van der Waals surface area contributed by atoms with Crippen LogP contribution in [0.15, 0.2) is 78.9 Å². The minimum Gasteiger partial charge on any atom is -0.461 e. The Morgan fingerprint density at radius 2 is 1.76 bits per heavy atom. The third-order valence-electron chi connectivity index (χ3n) is 8.83. The fourth-order valence-corrected chi connectivity index (χ4v) is 8.93. The molecule has 0 aromatic heterocycles. The number of fused-ring (bicyclic) bond motifs is 2. The van der Waals surface area contributed by atoms with Crippen LogP contribution >= 0.6 is 11.8 Å². The Kier molecular flexibility index (Phi) is 7.42. The molecule has 0 radical (unpaired) electrons. The average molecular weight is 574 g/mol. The molecule has 0 bridgehead atoms. The molecule has 6 atom stereocenters. The van der Waals surface area contributed by atoms with E-state index in [1.54, 1.807) is 9.80 Å². The predicted octanol–water partition coefficient (Wildman–Crippen LogP) is 3.58. The van der Waals surface area contributed by atoms with Crippen LogP contribution in [-0.4, -0.2) is 76.7 Å². The molecule has 4 aliphatic rings. The number of aliphatic hydroxyl groups excluding tert-OH is 1. The van der Waals surface area contributed by atoms with E-state index in [4.69, 9.17) is 4.74 Å². The molecule has 4 aliphatic heterocycles. The SMILES string of the molecule is CCN(CC)c1ccc(N2CC=C[C@]34S[C@@H]5C=CCOC(=O)[C@@H]5[C@H]3C(=O)N([C@H](CO)c3ccccc3)C4C2=O)cc1. The molecule has 2 aromatic rings. The Bertz CT molecular complexity index is 1380. The van der Waals surface area contributed by atoms with Gasteiger partial charge in [0, 0.05) is 36.3 Å². The summed E-state index contributed by atoms with van der Waals surface area (Å²) in [5.41, 5.74) is 2.55. The number of benzene rings is 2. The van der Waals surface area contributed by atoms with E-state index < -0.39 is 34.6 Å². The lowest BCUT2D eigenvalue weighted by Gasteiger charge is -2.38. The number of amides is 2. The molecule has 1 spiro atoms. The van der Waals surface area contributed by atoms with Gasteiger partial charge in [-0.25, -0.2) is 0 Å². The molecule has 6 rings (SSSR count). The van der Waals surface area contributed by atoms with Gasteiger partial charge < -0.3 is 24.5 Å². The molecular weight excluding hydrogens is 538 g/mol. The molecule has 1 N–H and O–H groups in total. The second-order valence-electron chi connectivity index (χ2n) is 10.8. The molecule has 0 aliphatic carbocycles. The lowest BCUT2D eigenvalue weighted by Crippen LogP contribution is -2.54. The minimum absolute atomic E-state index is 0.169. The van der Waals surface area contributed by atoms with Gasteiger partial charge in [0.2, 0.25) is 5.91 Å². The van der Waals surface area contributed by atoms with E-state index in [2.05, 4.69) is 18.7 Å². The molecule has 0 saturated carbocycles. The molecule has 9 heteroatoms. The fourth-order valence-electron chi connectivity index (χ4n) is 6.94. The zero-order chi connectivity index (χ0) is 28.7. The molecule has 214 valence electrons. The van der Waals surface area contributed by atoms with Gasteiger partial charge in [0.25, 0.3) is 5.91 Å². The smallest absolute Gasteiger partial charge is 0.311 e. The summed E-state index contributed by atoms with van der Waals surface area (Å²) in [5.74, 6) is -2.46. The number of cyclic esters (lactones) is 1. The number of carbonyl (C=O) groups excluding carboxylic acids is 3. The molecule has 2 fully saturated rings. The Morgan fingerprint density at radius 1 is 1.02 bits per heavy atom. The molecule has 2 saturated heterocycles. The first-order chi connectivity index (χ1) is 19.9. The first kappa shape index (κ1) is 27.6. The highest BCUT2D eigenvalue weighted by Crippen LogP contribution is 2.62. The zero-order valence-corrected chi connectivity index (χ0v) is 24.1. The van der Waals surface area contributed by atoms with Crippen molar-refractivity contribution >= 4 is 40.9 Å². The topological polar surface area (TPSA) is 90.4 Å². The summed E-state index contributed by atoms with van der Waals surface area (Å²) in [5, 5.41) is 10.4. The maximum absolute atomic E-state index is 14.7. The van der Waals surface area contributed by atoms with Gasteiger partial charge in [-0.3, -0.25) is 14.4 Å². The predicted molar refractivity (Wildman–Crippen MR) is 160 cm³/mol. The number of likely N-dealkylation sites (tertiary alicyclic amines) is 1. The summed E-state index contributed by atoms with van der Waals surface area (Å²) in [4.78, 5) is 47.9. The van der Waals surface area contributed by atoms with Crippen molar-refractivity contribution in [3.05, 3.63) is 84.5 Å². The number of esters is 1. The van der Waals surface area contributed by atoms with Crippen LogP contribution in [0, 0.1) is 11.8 Å². The average Bonchev–Trinajstić information content (AvgIpc) is 3.29. The molecule has 41 heavy (non-hydrogen) atoms. The van der Waals surface area contributed by atoms with Gasteiger partial charge in [-0.05, 0) is 43.7 Å². The van der Waals surface area contributed by atoms with Crippen LogP contribution in [-0.2, 0) is 19.1 Å². The van der Waals surface area contributed by atoms with Gasteiger partial charge in [-0.1, -0.05) is 54.6 Å². The van der Waals surface area contributed by atoms with Crippen molar-refractivity contribution in [1.82, 2.24) is 4.90 Å². The standard InChI is InChI=1S/C32H35N3O5S/c1-3-33(4-2)22-13-15-23(16-14-22)34-18-9-17-32-27(26-25(41-32)12-8-19-40-31(26)39)29(37)35(28(32)30(34)38)24(20-36)21-10-6-5-7-11-21/h5-17,24-28,36H,3-4,18-20H2,1-2H3/t24-,25-,26+,27+,28?,32+/m1/s1. The number of aliphatic hydroxyl groups is 1. The van der Waals surface area contributed by atoms with Crippen molar-refractivity contribution in [2.75, 3.05) is 42.6 Å². The van der Waals surface area contributed by atoms with Crippen LogP contribution in [0.3, 0.4) is 0 Å². The molecule has 4 heterocycles. The maximum Gasteiger partial charge on any atom is 0.311 e. The Labute approximate surface area is 244 Å². The number of nitrogens with zero attached hydrogens (tertiary/aromatic N) is 3. The number of anilines is 2. The molecule has 2 aromatic carbocycles. The van der Waals surface area contributed by atoms with Gasteiger partial charge >= 0.3 is 5.97 Å². The van der Waals surface area contributed by atoms with Gasteiger partial charge in [0.1, 0.15) is 12.6 Å². The molecule has 2 amide bonds. The van der Waals surface area contributed by atoms with Crippen molar-refractivity contribution in [1.29, 1.82) is 0 Å². The number of thioether (sulfide) groups is 1. The first-order valence-corrected chi connectivity index (χ1v) is 15.2. The second kappa shape index (κ2) is 11.0. The number of ether oxygens (including phenoxy) is 1. The lowest BCUT2D eigenvalue weighted by molar-refractivity contribution is -0.152. The first-order valence-electron chi connectivity index (χ1n) is 14.3. The van der Waals surface area contributed by atoms with Gasteiger partial charge in [0.05, 0.1) is 29.2 Å². The largest absolute Gasteiger partial charge is 0.461 e. The minimum atomic E-state index is -0.984. The maximum atomic E-state index is 14.7. The second-order valence-corrected chi connectivity index (χ2v) is 12.3. The summed E-state index contributed by atoms with van der Waals surface area (Å²) in [6.45, 7) is 6.12. The van der Waals surface area contributed by atoms with Crippen LogP contribution in [0.4, 0.5) is 11.4 Å². The third-order valence-corrected chi connectivity index (χ3v) is 10.6. The Morgan fingerprint density at radius 3 is 2.44 bits per heavy atom. The normalized spacial score (nSPS) is 29.4. The van der Waals surface area contributed by atoms with E-state index in [9.17, 15) is 19.5 Å². The van der Waals surface area contributed by atoms with Gasteiger partial charge in [-0.2, -0.15) is 0 Å². The van der Waals surface area contributed by atoms with E-state index in [0.29, 0.717) is 6.54 Å². The van der Waals surface area contributed by atoms with Gasteiger partial charge in [-0.15, -0.1) is 11.8 Å². The Hall–Kier alpha value is -3.56. The van der Waals surface area contributed by atoms with Crippen molar-refractivity contribution in [2.45, 2.75) is 35.9 Å². The summed E-state index contributed by atoms with van der Waals surface area (Å²) in [6.07, 6.45) is 7.68. The number of hydrogen-bond donors (Lipinski definition) is 1. The number of carbonyl (C=O) groups is 3. The van der Waals surface area contributed by atoms with Crippen LogP contribution in [0.2, 0.25) is 0 Å². The quantitative estimate of drug-likeness (QED) is 0.400. The summed E-state index contributed by atoms with van der Waals surface area (Å²) >= 11 is 1.50. The fraction of sp³-hybridized carbons (Fsp3) is 0.406. The van der Waals surface area contributed by atoms with Crippen molar-refractivity contribution in [2.24, 2.45) is 11.8 Å². The number of hydrogen-bond acceptors (Lipinski definition) is 7. The van der Waals surface area contributed by atoms with Gasteiger partial charge in [0.15, 0.2) is 0 Å². The van der Waals surface area contributed by atoms with E-state index >= 15 is 0 Å². The van der Waals surface area contributed by atoms with Crippen LogP contribution in [0.5, 0.6) is 0 Å². The van der Waals surface area contributed by atoms with Crippen molar-refractivity contribution in [3.63, 3.8) is 0 Å². The highest BCUT2D eigenvalue weighted by Gasteiger charge is 2.72. The van der Waals surface area contributed by atoms with E-state index in [1.165, 1.54) is 11.8 Å². The summed E-state index contributed by atoms with van der Waals surface area (Å²) < 4.78 is 4.49. The highest BCUT2D eigenvalue weighted by atomic mass is 32.2. The summed E-state index contributed by atoms with van der Waals surface area (Å²) in [7, 11) is 0.